The Balaban J connectivity index is 2.13. The molecule has 168 valence electrons. The van der Waals surface area contributed by atoms with Crippen molar-refractivity contribution in [3.8, 4) is 5.75 Å². The highest BCUT2D eigenvalue weighted by atomic mass is 32.2. The summed E-state index contributed by atoms with van der Waals surface area (Å²) < 4.78 is 34.4. The molecule has 1 amide bonds. The van der Waals surface area contributed by atoms with Crippen LogP contribution in [0.25, 0.3) is 0 Å². The molecule has 0 radical (unpaired) electrons. The number of aryl methyl sites for hydroxylation is 4. The quantitative estimate of drug-likeness (QED) is 0.580. The Labute approximate surface area is 189 Å². The van der Waals surface area contributed by atoms with E-state index in [1.165, 1.54) is 13.3 Å². The van der Waals surface area contributed by atoms with Gasteiger partial charge in [0.1, 0.15) is 12.3 Å². The third-order valence-electron chi connectivity index (χ3n) is 4.99. The van der Waals surface area contributed by atoms with Crippen LogP contribution in [0.15, 0.2) is 59.8 Å². The lowest BCUT2D eigenvalue weighted by Crippen LogP contribution is -2.39. The minimum atomic E-state index is -4.09. The zero-order chi connectivity index (χ0) is 23.5. The van der Waals surface area contributed by atoms with E-state index in [-0.39, 0.29) is 4.90 Å². The number of pyridine rings is 1. The highest BCUT2D eigenvalue weighted by molar-refractivity contribution is 7.93. The van der Waals surface area contributed by atoms with Crippen molar-refractivity contribution in [2.45, 2.75) is 32.6 Å². The fraction of sp³-hybridized carbons (Fsp3) is 0.250. The van der Waals surface area contributed by atoms with Gasteiger partial charge >= 0.3 is 0 Å². The largest absolute Gasteiger partial charge is 0.495 e. The van der Waals surface area contributed by atoms with Crippen LogP contribution in [0.4, 0.5) is 11.4 Å². The first-order chi connectivity index (χ1) is 15.1. The van der Waals surface area contributed by atoms with Crippen LogP contribution in [-0.4, -0.2) is 33.0 Å². The minimum Gasteiger partial charge on any atom is -0.495 e. The van der Waals surface area contributed by atoms with Crippen LogP contribution in [0.3, 0.4) is 0 Å². The van der Waals surface area contributed by atoms with E-state index in [4.69, 9.17) is 4.74 Å². The zero-order valence-corrected chi connectivity index (χ0v) is 19.7. The van der Waals surface area contributed by atoms with E-state index in [0.29, 0.717) is 28.3 Å². The molecule has 0 aliphatic carbocycles. The standard InChI is InChI=1S/C24H27N3O4S/c1-16-8-9-22(31-5)21(13-16)27(15-23(28)26-20-7-6-10-25-14-20)32(29,30)24-18(3)11-17(2)12-19(24)4/h6-14H,15H2,1-5H3,(H,26,28). The molecule has 0 fully saturated rings. The Morgan fingerprint density at radius 3 is 2.31 bits per heavy atom. The average Bonchev–Trinajstić information content (AvgIpc) is 2.71. The summed E-state index contributed by atoms with van der Waals surface area (Å²) in [5.41, 5.74) is 3.82. The summed E-state index contributed by atoms with van der Waals surface area (Å²) in [4.78, 5) is 17.1. The number of sulfonamides is 1. The first-order valence-corrected chi connectivity index (χ1v) is 11.5. The third-order valence-corrected chi connectivity index (χ3v) is 7.05. The van der Waals surface area contributed by atoms with Crippen molar-refractivity contribution < 1.29 is 17.9 Å². The van der Waals surface area contributed by atoms with E-state index in [0.717, 1.165) is 15.4 Å². The summed E-state index contributed by atoms with van der Waals surface area (Å²) in [5.74, 6) is -0.136. The molecule has 0 unspecified atom stereocenters. The Morgan fingerprint density at radius 2 is 1.72 bits per heavy atom. The number of anilines is 2. The van der Waals surface area contributed by atoms with Gasteiger partial charge in [0, 0.05) is 6.20 Å². The van der Waals surface area contributed by atoms with Gasteiger partial charge in [-0.1, -0.05) is 23.8 Å². The van der Waals surface area contributed by atoms with Gasteiger partial charge < -0.3 is 10.1 Å². The third kappa shape index (κ3) is 4.91. The van der Waals surface area contributed by atoms with Crippen LogP contribution in [0.2, 0.25) is 0 Å². The van der Waals surface area contributed by atoms with Crippen LogP contribution >= 0.6 is 0 Å². The number of nitrogens with one attached hydrogen (secondary N) is 1. The summed E-state index contributed by atoms with van der Waals surface area (Å²) in [6.45, 7) is 6.86. The molecular formula is C24H27N3O4S. The van der Waals surface area contributed by atoms with Crippen molar-refractivity contribution in [1.82, 2.24) is 4.98 Å². The second-order valence-electron chi connectivity index (χ2n) is 7.70. The summed E-state index contributed by atoms with van der Waals surface area (Å²) in [5, 5.41) is 2.71. The average molecular weight is 454 g/mol. The highest BCUT2D eigenvalue weighted by Gasteiger charge is 2.32. The first-order valence-electron chi connectivity index (χ1n) is 10.1. The van der Waals surface area contributed by atoms with E-state index >= 15 is 0 Å². The summed E-state index contributed by atoms with van der Waals surface area (Å²) >= 11 is 0. The van der Waals surface area contributed by atoms with Crippen molar-refractivity contribution in [3.63, 3.8) is 0 Å². The molecule has 1 N–H and O–H groups in total. The predicted molar refractivity (Wildman–Crippen MR) is 126 cm³/mol. The number of rotatable bonds is 7. The van der Waals surface area contributed by atoms with Gasteiger partial charge in [-0.15, -0.1) is 0 Å². The Hall–Kier alpha value is -3.39. The second kappa shape index (κ2) is 9.40. The normalized spacial score (nSPS) is 11.2. The van der Waals surface area contributed by atoms with Gasteiger partial charge in [-0.25, -0.2) is 8.42 Å². The number of carbonyl (C=O) groups is 1. The lowest BCUT2D eigenvalue weighted by Gasteiger charge is -2.27. The first kappa shape index (κ1) is 23.3. The molecule has 0 spiro atoms. The molecule has 8 heteroatoms. The summed E-state index contributed by atoms with van der Waals surface area (Å²) in [6.07, 6.45) is 3.09. The SMILES string of the molecule is COc1ccc(C)cc1N(CC(=O)Nc1cccnc1)S(=O)(=O)c1c(C)cc(C)cc1C. The van der Waals surface area contributed by atoms with Crippen molar-refractivity contribution >= 4 is 27.3 Å². The van der Waals surface area contributed by atoms with Gasteiger partial charge in [0.05, 0.1) is 29.6 Å². The molecule has 0 aliphatic rings. The zero-order valence-electron chi connectivity index (χ0n) is 18.8. The molecule has 0 saturated heterocycles. The fourth-order valence-corrected chi connectivity index (χ4v) is 5.59. The van der Waals surface area contributed by atoms with Crippen LogP contribution in [0, 0.1) is 27.7 Å². The van der Waals surface area contributed by atoms with Gasteiger partial charge in [0.25, 0.3) is 10.0 Å². The summed E-state index contributed by atoms with van der Waals surface area (Å²) in [7, 11) is -2.62. The number of ether oxygens (including phenoxy) is 1. The fourth-order valence-electron chi connectivity index (χ4n) is 3.75. The maximum absolute atomic E-state index is 13.9. The number of carbonyl (C=O) groups excluding carboxylic acids is 1. The number of hydrogen-bond acceptors (Lipinski definition) is 5. The maximum Gasteiger partial charge on any atom is 0.265 e. The van der Waals surface area contributed by atoms with Gasteiger partial charge in [0.2, 0.25) is 5.91 Å². The molecular weight excluding hydrogens is 426 g/mol. The minimum absolute atomic E-state index is 0.181. The van der Waals surface area contributed by atoms with Gasteiger partial charge in [-0.3, -0.25) is 14.1 Å². The molecule has 0 atom stereocenters. The number of benzene rings is 2. The predicted octanol–water partition coefficient (Wildman–Crippen LogP) is 4.16. The molecule has 3 rings (SSSR count). The van der Waals surface area contributed by atoms with E-state index in [1.54, 1.807) is 44.3 Å². The Bertz CT molecular complexity index is 1220. The van der Waals surface area contributed by atoms with Crippen LogP contribution in [-0.2, 0) is 14.8 Å². The molecule has 3 aromatic rings. The van der Waals surface area contributed by atoms with Gasteiger partial charge in [0.15, 0.2) is 0 Å². The number of methoxy groups -OCH3 is 1. The van der Waals surface area contributed by atoms with Crippen LogP contribution in [0.5, 0.6) is 5.75 Å². The Morgan fingerprint density at radius 1 is 1.03 bits per heavy atom. The molecule has 2 aromatic carbocycles. The molecule has 32 heavy (non-hydrogen) atoms. The maximum atomic E-state index is 13.9. The van der Waals surface area contributed by atoms with E-state index < -0.39 is 22.5 Å². The second-order valence-corrected chi connectivity index (χ2v) is 9.50. The monoisotopic (exact) mass is 453 g/mol. The lowest BCUT2D eigenvalue weighted by molar-refractivity contribution is -0.114. The molecule has 0 saturated carbocycles. The van der Waals surface area contributed by atoms with E-state index in [2.05, 4.69) is 10.3 Å². The molecule has 1 heterocycles. The van der Waals surface area contributed by atoms with Crippen molar-refractivity contribution in [2.24, 2.45) is 0 Å². The van der Waals surface area contributed by atoms with Crippen molar-refractivity contribution in [1.29, 1.82) is 0 Å². The topological polar surface area (TPSA) is 88.6 Å². The smallest absolute Gasteiger partial charge is 0.265 e. The number of hydrogen-bond donors (Lipinski definition) is 1. The van der Waals surface area contributed by atoms with E-state index in [1.807, 2.05) is 32.0 Å². The van der Waals surface area contributed by atoms with Crippen LogP contribution < -0.4 is 14.4 Å². The Kier molecular flexibility index (Phi) is 6.84. The summed E-state index contributed by atoms with van der Waals surface area (Å²) in [6, 6.07) is 12.2. The molecule has 0 bridgehead atoms. The van der Waals surface area contributed by atoms with Gasteiger partial charge in [-0.2, -0.15) is 0 Å². The lowest BCUT2D eigenvalue weighted by atomic mass is 10.1. The number of amides is 1. The highest BCUT2D eigenvalue weighted by Crippen LogP contribution is 2.35. The molecule has 7 nitrogen and oxygen atoms in total. The van der Waals surface area contributed by atoms with Gasteiger partial charge in [-0.05, 0) is 68.7 Å². The van der Waals surface area contributed by atoms with Crippen molar-refractivity contribution in [2.75, 3.05) is 23.3 Å². The molecule has 0 aliphatic heterocycles. The van der Waals surface area contributed by atoms with Crippen molar-refractivity contribution in [3.05, 3.63) is 77.1 Å². The number of nitrogens with zero attached hydrogens (tertiary/aromatic N) is 2. The van der Waals surface area contributed by atoms with Crippen LogP contribution in [0.1, 0.15) is 22.3 Å². The molecule has 1 aromatic heterocycles. The number of aromatic nitrogens is 1. The van der Waals surface area contributed by atoms with E-state index in [9.17, 15) is 13.2 Å².